The molecule has 0 fully saturated rings. The molecule has 3 rings (SSSR count). The van der Waals surface area contributed by atoms with Crippen molar-refractivity contribution >= 4 is 11.8 Å². The molecule has 1 heterocycles. The number of aryl methyl sites for hydroxylation is 3. The highest BCUT2D eigenvalue weighted by atomic mass is 32.2. The second-order valence-corrected chi connectivity index (χ2v) is 6.86. The Labute approximate surface area is 151 Å². The molecule has 3 nitrogen and oxygen atoms in total. The molecular weight excluding hydrogens is 335 g/mol. The summed E-state index contributed by atoms with van der Waals surface area (Å²) in [5, 5.41) is 0.643. The Kier molecular flexibility index (Phi) is 5.34. The first-order chi connectivity index (χ1) is 12.0. The van der Waals surface area contributed by atoms with E-state index in [4.69, 9.17) is 4.74 Å². The lowest BCUT2D eigenvalue weighted by Gasteiger charge is -2.10. The van der Waals surface area contributed by atoms with E-state index in [0.29, 0.717) is 16.8 Å². The van der Waals surface area contributed by atoms with Crippen molar-refractivity contribution in [1.29, 1.82) is 0 Å². The van der Waals surface area contributed by atoms with Gasteiger partial charge in [0.1, 0.15) is 11.6 Å². The van der Waals surface area contributed by atoms with E-state index in [2.05, 4.69) is 23.0 Å². The fraction of sp³-hybridized carbons (Fsp3) is 0.200. The lowest BCUT2D eigenvalue weighted by atomic mass is 10.1. The number of hydrogen-bond donors (Lipinski definition) is 0. The van der Waals surface area contributed by atoms with Gasteiger partial charge in [-0.3, -0.25) is 0 Å². The second-order valence-electron chi connectivity index (χ2n) is 5.92. The van der Waals surface area contributed by atoms with Gasteiger partial charge in [-0.1, -0.05) is 41.6 Å². The Morgan fingerprint density at radius 1 is 0.960 bits per heavy atom. The van der Waals surface area contributed by atoms with E-state index in [0.717, 1.165) is 22.6 Å². The first-order valence-corrected chi connectivity index (χ1v) is 8.96. The third-order valence-electron chi connectivity index (χ3n) is 3.64. The van der Waals surface area contributed by atoms with E-state index in [1.54, 1.807) is 12.1 Å². The topological polar surface area (TPSA) is 35.0 Å². The van der Waals surface area contributed by atoms with Gasteiger partial charge in [0.2, 0.25) is 5.88 Å². The van der Waals surface area contributed by atoms with Crippen LogP contribution in [0.2, 0.25) is 0 Å². The van der Waals surface area contributed by atoms with Crippen molar-refractivity contribution in [2.24, 2.45) is 0 Å². The van der Waals surface area contributed by atoms with Crippen LogP contribution in [0.25, 0.3) is 0 Å². The number of hydrogen-bond acceptors (Lipinski definition) is 4. The molecule has 0 saturated carbocycles. The molecule has 0 amide bonds. The lowest BCUT2D eigenvalue weighted by Crippen LogP contribution is -1.96. The Balaban J connectivity index is 1.74. The molecular formula is C20H19FN2OS. The highest BCUT2D eigenvalue weighted by Gasteiger charge is 2.08. The summed E-state index contributed by atoms with van der Waals surface area (Å²) in [6.45, 7) is 5.98. The summed E-state index contributed by atoms with van der Waals surface area (Å²) in [6, 6.07) is 14.3. The molecule has 5 heteroatoms. The molecule has 0 atom stereocenters. The van der Waals surface area contributed by atoms with Crippen LogP contribution in [0.4, 0.5) is 4.39 Å². The van der Waals surface area contributed by atoms with E-state index >= 15 is 0 Å². The normalized spacial score (nSPS) is 10.7. The van der Waals surface area contributed by atoms with Crippen LogP contribution >= 0.6 is 11.8 Å². The van der Waals surface area contributed by atoms with Gasteiger partial charge in [0.05, 0.1) is 0 Å². The summed E-state index contributed by atoms with van der Waals surface area (Å²) in [5.41, 5.74) is 4.13. The van der Waals surface area contributed by atoms with Crippen molar-refractivity contribution in [3.8, 4) is 11.6 Å². The molecule has 25 heavy (non-hydrogen) atoms. The summed E-state index contributed by atoms with van der Waals surface area (Å²) >= 11 is 1.50. The van der Waals surface area contributed by atoms with Gasteiger partial charge in [-0.25, -0.2) is 9.37 Å². The second kappa shape index (κ2) is 7.66. The van der Waals surface area contributed by atoms with Crippen LogP contribution in [0.15, 0.2) is 53.7 Å². The molecule has 128 valence electrons. The summed E-state index contributed by atoms with van der Waals surface area (Å²) in [7, 11) is 0. The summed E-state index contributed by atoms with van der Waals surface area (Å²) in [6.07, 6.45) is 0. The molecule has 1 aromatic heterocycles. The van der Waals surface area contributed by atoms with Gasteiger partial charge in [0.25, 0.3) is 0 Å². The maximum atomic E-state index is 13.0. The Morgan fingerprint density at radius 3 is 2.44 bits per heavy atom. The van der Waals surface area contributed by atoms with Crippen molar-refractivity contribution in [1.82, 2.24) is 9.97 Å². The number of halogens is 1. The van der Waals surface area contributed by atoms with Crippen molar-refractivity contribution in [2.45, 2.75) is 31.7 Å². The van der Waals surface area contributed by atoms with E-state index < -0.39 is 0 Å². The van der Waals surface area contributed by atoms with Gasteiger partial charge in [-0.15, -0.1) is 0 Å². The number of aromatic nitrogens is 2. The summed E-state index contributed by atoms with van der Waals surface area (Å²) in [5.74, 6) is 1.76. The van der Waals surface area contributed by atoms with Crippen LogP contribution in [-0.2, 0) is 5.75 Å². The minimum absolute atomic E-state index is 0.232. The van der Waals surface area contributed by atoms with Crippen LogP contribution in [0.3, 0.4) is 0 Å². The predicted octanol–water partition coefficient (Wildman–Crippen LogP) is 5.63. The number of rotatable bonds is 5. The standard InChI is InChI=1S/C20H19FN2OS/c1-13-4-9-18(14(2)10-13)24-19-11-15(3)22-20(23-19)25-12-16-5-7-17(21)8-6-16/h4-11H,12H2,1-3H3. The quantitative estimate of drug-likeness (QED) is 0.440. The maximum Gasteiger partial charge on any atom is 0.223 e. The van der Waals surface area contributed by atoms with Crippen molar-refractivity contribution < 1.29 is 9.13 Å². The first-order valence-electron chi connectivity index (χ1n) is 7.97. The molecule has 0 aliphatic heterocycles. The Hall–Kier alpha value is -2.40. The third kappa shape index (κ3) is 4.79. The lowest BCUT2D eigenvalue weighted by molar-refractivity contribution is 0.451. The van der Waals surface area contributed by atoms with Crippen LogP contribution < -0.4 is 4.74 Å². The van der Waals surface area contributed by atoms with Gasteiger partial charge < -0.3 is 4.74 Å². The minimum Gasteiger partial charge on any atom is -0.439 e. The van der Waals surface area contributed by atoms with Gasteiger partial charge >= 0.3 is 0 Å². The first kappa shape index (κ1) is 17.4. The van der Waals surface area contributed by atoms with Crippen LogP contribution in [0.5, 0.6) is 11.6 Å². The Morgan fingerprint density at radius 2 is 1.72 bits per heavy atom. The molecule has 0 saturated heterocycles. The SMILES string of the molecule is Cc1ccc(Oc2cc(C)nc(SCc3ccc(F)cc3)n2)c(C)c1. The maximum absolute atomic E-state index is 13.0. The number of thioether (sulfide) groups is 1. The van der Waals surface area contributed by atoms with E-state index in [-0.39, 0.29) is 5.82 Å². The van der Waals surface area contributed by atoms with Crippen molar-refractivity contribution in [2.75, 3.05) is 0 Å². The smallest absolute Gasteiger partial charge is 0.223 e. The number of benzene rings is 2. The van der Waals surface area contributed by atoms with E-state index in [9.17, 15) is 4.39 Å². The molecule has 0 aliphatic rings. The monoisotopic (exact) mass is 354 g/mol. The molecule has 0 radical (unpaired) electrons. The molecule has 0 aliphatic carbocycles. The molecule has 2 aromatic carbocycles. The fourth-order valence-corrected chi connectivity index (χ4v) is 3.24. The average Bonchev–Trinajstić information content (AvgIpc) is 2.56. The zero-order valence-electron chi connectivity index (χ0n) is 14.4. The number of ether oxygens (including phenoxy) is 1. The number of nitrogens with zero attached hydrogens (tertiary/aromatic N) is 2. The third-order valence-corrected chi connectivity index (χ3v) is 4.55. The molecule has 0 N–H and O–H groups in total. The Bertz CT molecular complexity index is 881. The zero-order chi connectivity index (χ0) is 17.8. The van der Waals surface area contributed by atoms with Crippen LogP contribution in [0.1, 0.15) is 22.4 Å². The molecule has 3 aromatic rings. The largest absolute Gasteiger partial charge is 0.439 e. The van der Waals surface area contributed by atoms with Crippen molar-refractivity contribution in [3.63, 3.8) is 0 Å². The van der Waals surface area contributed by atoms with E-state index in [1.807, 2.05) is 32.0 Å². The van der Waals surface area contributed by atoms with Gasteiger partial charge in [-0.05, 0) is 50.1 Å². The average molecular weight is 354 g/mol. The van der Waals surface area contributed by atoms with Crippen molar-refractivity contribution in [3.05, 3.63) is 76.7 Å². The fourth-order valence-electron chi connectivity index (χ4n) is 2.39. The van der Waals surface area contributed by atoms with E-state index in [1.165, 1.54) is 29.5 Å². The summed E-state index contributed by atoms with van der Waals surface area (Å²) < 4.78 is 18.9. The zero-order valence-corrected chi connectivity index (χ0v) is 15.2. The highest BCUT2D eigenvalue weighted by Crippen LogP contribution is 2.27. The van der Waals surface area contributed by atoms with Crippen LogP contribution in [0, 0.1) is 26.6 Å². The predicted molar refractivity (Wildman–Crippen MR) is 98.7 cm³/mol. The highest BCUT2D eigenvalue weighted by molar-refractivity contribution is 7.98. The minimum atomic E-state index is -0.232. The summed E-state index contributed by atoms with van der Waals surface area (Å²) in [4.78, 5) is 8.92. The van der Waals surface area contributed by atoms with Crippen LogP contribution in [-0.4, -0.2) is 9.97 Å². The molecule has 0 unspecified atom stereocenters. The van der Waals surface area contributed by atoms with Gasteiger partial charge in [0, 0.05) is 17.5 Å². The molecule has 0 bridgehead atoms. The van der Waals surface area contributed by atoms with Gasteiger partial charge in [-0.2, -0.15) is 4.98 Å². The van der Waals surface area contributed by atoms with Gasteiger partial charge in [0.15, 0.2) is 5.16 Å². The molecule has 0 spiro atoms.